The Morgan fingerprint density at radius 2 is 1.92 bits per heavy atom. The number of aryl methyl sites for hydroxylation is 1. The summed E-state index contributed by atoms with van der Waals surface area (Å²) in [6.07, 6.45) is 1.32. The highest BCUT2D eigenvalue weighted by molar-refractivity contribution is 6.06. The average molecular weight is 352 g/mol. The Bertz CT molecular complexity index is 1050. The zero-order valence-corrected chi connectivity index (χ0v) is 14.4. The van der Waals surface area contributed by atoms with Gasteiger partial charge in [-0.15, -0.1) is 10.2 Å². The summed E-state index contributed by atoms with van der Waals surface area (Å²) in [5, 5.41) is 24.0. The first-order valence-electron chi connectivity index (χ1n) is 7.71. The summed E-state index contributed by atoms with van der Waals surface area (Å²) in [4.78, 5) is 23.6. The maximum absolute atomic E-state index is 11.8. The zero-order chi connectivity index (χ0) is 18.8. The van der Waals surface area contributed by atoms with Crippen molar-refractivity contribution in [1.82, 2.24) is 9.78 Å². The van der Waals surface area contributed by atoms with Crippen molar-refractivity contribution >= 4 is 34.0 Å². The molecular weight excluding hydrogens is 336 g/mol. The van der Waals surface area contributed by atoms with Gasteiger partial charge in [0.25, 0.3) is 0 Å². The molecule has 0 bridgehead atoms. The zero-order valence-electron chi connectivity index (χ0n) is 14.4. The van der Waals surface area contributed by atoms with E-state index in [-0.39, 0.29) is 34.2 Å². The number of methoxy groups -OCH3 is 1. The minimum atomic E-state index is -0.599. The molecule has 8 nitrogen and oxygen atoms in total. The molecule has 0 saturated heterocycles. The number of ketones is 1. The second kappa shape index (κ2) is 6.75. The largest absolute Gasteiger partial charge is 0.505 e. The van der Waals surface area contributed by atoms with E-state index in [1.54, 1.807) is 25.2 Å². The maximum atomic E-state index is 11.8. The Balaban J connectivity index is 2.19. The molecule has 0 unspecified atom stereocenters. The molecule has 0 radical (unpaired) electrons. The van der Waals surface area contributed by atoms with Crippen LogP contribution < -0.4 is 0 Å². The van der Waals surface area contributed by atoms with Crippen LogP contribution in [-0.4, -0.2) is 33.7 Å². The van der Waals surface area contributed by atoms with Crippen molar-refractivity contribution in [3.05, 3.63) is 47.7 Å². The van der Waals surface area contributed by atoms with Gasteiger partial charge in [-0.1, -0.05) is 24.3 Å². The Hall–Kier alpha value is -3.55. The fraction of sp³-hybridized carbons (Fsp3) is 0.167. The molecule has 0 aliphatic carbocycles. The van der Waals surface area contributed by atoms with Gasteiger partial charge in [0.1, 0.15) is 11.3 Å². The molecule has 8 heteroatoms. The smallest absolute Gasteiger partial charge is 0.343 e. The van der Waals surface area contributed by atoms with Crippen LogP contribution in [0.25, 0.3) is 10.8 Å². The number of fused-ring (bicyclic) bond motifs is 1. The standard InChI is InChI=1S/C18H16N4O4/c1-10(23)13-8-11-6-4-5-7-12(11)15(16(13)24)20-21-17-14(18(25)26-3)9-19-22(17)2/h4-9,24H,1-3H3/b21-20+. The van der Waals surface area contributed by atoms with E-state index in [1.807, 2.05) is 12.1 Å². The lowest BCUT2D eigenvalue weighted by molar-refractivity contribution is 0.0601. The van der Waals surface area contributed by atoms with E-state index in [0.29, 0.717) is 5.39 Å². The van der Waals surface area contributed by atoms with Crippen LogP contribution >= 0.6 is 0 Å². The number of aromatic nitrogens is 2. The molecule has 2 aromatic carbocycles. The number of rotatable bonds is 4. The highest BCUT2D eigenvalue weighted by Gasteiger charge is 2.18. The van der Waals surface area contributed by atoms with Crippen molar-refractivity contribution in [3.8, 4) is 5.75 Å². The number of phenolic OH excluding ortho intramolecular Hbond substituents is 1. The van der Waals surface area contributed by atoms with Gasteiger partial charge in [0, 0.05) is 12.4 Å². The third-order valence-electron chi connectivity index (χ3n) is 3.93. The van der Waals surface area contributed by atoms with Crippen molar-refractivity contribution in [1.29, 1.82) is 0 Å². The average Bonchev–Trinajstić information content (AvgIpc) is 3.00. The summed E-state index contributed by atoms with van der Waals surface area (Å²) < 4.78 is 6.06. The van der Waals surface area contributed by atoms with Gasteiger partial charge >= 0.3 is 5.97 Å². The van der Waals surface area contributed by atoms with Crippen molar-refractivity contribution < 1.29 is 19.4 Å². The van der Waals surface area contributed by atoms with Gasteiger partial charge in [0.05, 0.1) is 18.9 Å². The number of carbonyl (C=O) groups is 2. The number of carbonyl (C=O) groups excluding carboxylic acids is 2. The number of phenols is 1. The molecule has 0 aliphatic heterocycles. The van der Waals surface area contributed by atoms with E-state index >= 15 is 0 Å². The van der Waals surface area contributed by atoms with E-state index in [1.165, 1.54) is 24.9 Å². The highest BCUT2D eigenvalue weighted by atomic mass is 16.5. The Kier molecular flexibility index (Phi) is 4.49. The van der Waals surface area contributed by atoms with E-state index in [0.717, 1.165) is 5.39 Å². The summed E-state index contributed by atoms with van der Waals surface area (Å²) in [5.41, 5.74) is 0.437. The number of benzene rings is 2. The van der Waals surface area contributed by atoms with Crippen LogP contribution in [0, 0.1) is 0 Å². The Morgan fingerprint density at radius 1 is 1.19 bits per heavy atom. The summed E-state index contributed by atoms with van der Waals surface area (Å²) in [5.74, 6) is -0.977. The predicted molar refractivity (Wildman–Crippen MR) is 94.3 cm³/mol. The van der Waals surface area contributed by atoms with Gasteiger partial charge in [-0.2, -0.15) is 5.10 Å². The number of hydrogen-bond acceptors (Lipinski definition) is 7. The molecule has 0 aliphatic rings. The first-order chi connectivity index (χ1) is 12.4. The minimum absolute atomic E-state index is 0.144. The summed E-state index contributed by atoms with van der Waals surface area (Å²) in [7, 11) is 2.86. The van der Waals surface area contributed by atoms with Gasteiger partial charge in [0.2, 0.25) is 0 Å². The molecule has 1 aromatic heterocycles. The van der Waals surface area contributed by atoms with Gasteiger partial charge < -0.3 is 9.84 Å². The van der Waals surface area contributed by atoms with Gasteiger partial charge in [-0.05, 0) is 18.4 Å². The molecule has 3 aromatic rings. The predicted octanol–water partition coefficient (Wildman–Crippen LogP) is 3.68. The summed E-state index contributed by atoms with van der Waals surface area (Å²) in [6.45, 7) is 1.36. The van der Waals surface area contributed by atoms with Crippen molar-refractivity contribution in [2.45, 2.75) is 6.92 Å². The summed E-state index contributed by atoms with van der Waals surface area (Å²) in [6, 6.07) is 8.79. The fourth-order valence-electron chi connectivity index (χ4n) is 2.59. The third kappa shape index (κ3) is 2.92. The Morgan fingerprint density at radius 3 is 2.62 bits per heavy atom. The van der Waals surface area contributed by atoms with Crippen LogP contribution in [0.1, 0.15) is 27.6 Å². The lowest BCUT2D eigenvalue weighted by atomic mass is 10.0. The number of esters is 1. The topological polar surface area (TPSA) is 106 Å². The number of azo groups is 1. The first-order valence-corrected chi connectivity index (χ1v) is 7.71. The molecule has 0 amide bonds. The second-order valence-corrected chi connectivity index (χ2v) is 5.60. The minimum Gasteiger partial charge on any atom is -0.505 e. The van der Waals surface area contributed by atoms with E-state index in [9.17, 15) is 14.7 Å². The van der Waals surface area contributed by atoms with Crippen molar-refractivity contribution in [2.75, 3.05) is 7.11 Å². The lowest BCUT2D eigenvalue weighted by Gasteiger charge is -2.08. The number of ether oxygens (including phenoxy) is 1. The third-order valence-corrected chi connectivity index (χ3v) is 3.93. The van der Waals surface area contributed by atoms with Crippen LogP contribution in [0.15, 0.2) is 46.8 Å². The molecular formula is C18H16N4O4. The van der Waals surface area contributed by atoms with E-state index < -0.39 is 5.97 Å². The van der Waals surface area contributed by atoms with Crippen molar-refractivity contribution in [2.24, 2.45) is 17.3 Å². The lowest BCUT2D eigenvalue weighted by Crippen LogP contribution is -2.00. The fourth-order valence-corrected chi connectivity index (χ4v) is 2.59. The number of Topliss-reactive ketones (excluding diaryl/α,β-unsaturated/α-hetero) is 1. The second-order valence-electron chi connectivity index (χ2n) is 5.60. The van der Waals surface area contributed by atoms with Crippen LogP contribution in [0.3, 0.4) is 0 Å². The molecule has 3 rings (SSSR count). The van der Waals surface area contributed by atoms with Crippen LogP contribution in [0.5, 0.6) is 5.75 Å². The van der Waals surface area contributed by atoms with Gasteiger partial charge in [-0.3, -0.25) is 4.79 Å². The summed E-state index contributed by atoms with van der Waals surface area (Å²) >= 11 is 0. The SMILES string of the molecule is COC(=O)c1cnn(C)c1/N=N/c1c(O)c(C(C)=O)cc2ccccc12. The monoisotopic (exact) mass is 352 g/mol. The van der Waals surface area contributed by atoms with Crippen molar-refractivity contribution in [3.63, 3.8) is 0 Å². The molecule has 0 spiro atoms. The van der Waals surface area contributed by atoms with E-state index in [2.05, 4.69) is 15.3 Å². The maximum Gasteiger partial charge on any atom is 0.343 e. The molecule has 1 N–H and O–H groups in total. The van der Waals surface area contributed by atoms with Crippen LogP contribution in [0.4, 0.5) is 11.5 Å². The molecule has 0 atom stereocenters. The van der Waals surface area contributed by atoms with Gasteiger partial charge in [-0.25, -0.2) is 9.48 Å². The van der Waals surface area contributed by atoms with Crippen LogP contribution in [0.2, 0.25) is 0 Å². The van der Waals surface area contributed by atoms with E-state index in [4.69, 9.17) is 4.74 Å². The van der Waals surface area contributed by atoms with Gasteiger partial charge in [0.15, 0.2) is 17.4 Å². The number of hydrogen-bond donors (Lipinski definition) is 1. The number of aromatic hydroxyl groups is 1. The Labute approximate surface area is 148 Å². The molecule has 0 fully saturated rings. The highest BCUT2D eigenvalue weighted by Crippen LogP contribution is 2.39. The molecule has 0 saturated carbocycles. The first kappa shape index (κ1) is 17.3. The molecule has 132 valence electrons. The molecule has 1 heterocycles. The quantitative estimate of drug-likeness (QED) is 0.438. The normalized spacial score (nSPS) is 11.2. The number of nitrogens with zero attached hydrogens (tertiary/aromatic N) is 4. The molecule has 26 heavy (non-hydrogen) atoms. The van der Waals surface area contributed by atoms with Crippen LogP contribution in [-0.2, 0) is 11.8 Å².